The lowest BCUT2D eigenvalue weighted by Crippen LogP contribution is -2.31. The van der Waals surface area contributed by atoms with Crippen molar-refractivity contribution in [2.45, 2.75) is 0 Å². The van der Waals surface area contributed by atoms with Gasteiger partial charge < -0.3 is 10.2 Å². The van der Waals surface area contributed by atoms with Gasteiger partial charge in [0.25, 0.3) is 5.91 Å². The van der Waals surface area contributed by atoms with Gasteiger partial charge in [0.1, 0.15) is 0 Å². The van der Waals surface area contributed by atoms with E-state index in [-0.39, 0.29) is 5.91 Å². The van der Waals surface area contributed by atoms with E-state index < -0.39 is 0 Å². The third kappa shape index (κ3) is 3.93. The Bertz CT molecular complexity index is 312. The lowest BCUT2D eigenvalue weighted by atomic mass is 10.3. The molecule has 1 aromatic heterocycles. The van der Waals surface area contributed by atoms with Crippen LogP contribution in [-0.4, -0.2) is 38.0 Å². The van der Waals surface area contributed by atoms with Crippen molar-refractivity contribution in [3.05, 3.63) is 19.9 Å². The maximum Gasteiger partial charge on any atom is 0.252 e. The zero-order valence-electron chi connectivity index (χ0n) is 8.21. The Morgan fingerprint density at radius 3 is 2.86 bits per heavy atom. The van der Waals surface area contributed by atoms with E-state index in [1.54, 1.807) is 11.3 Å². The van der Waals surface area contributed by atoms with Gasteiger partial charge in [-0.25, -0.2) is 0 Å². The third-order valence-corrected chi connectivity index (χ3v) is 3.46. The van der Waals surface area contributed by atoms with Crippen LogP contribution >= 0.6 is 33.9 Å². The first-order valence-electron chi connectivity index (χ1n) is 4.26. The summed E-state index contributed by atoms with van der Waals surface area (Å²) in [6.45, 7) is 1.56. The van der Waals surface area contributed by atoms with Crippen molar-refractivity contribution in [3.8, 4) is 0 Å². The second kappa shape index (κ2) is 5.67. The second-order valence-corrected chi connectivity index (χ2v) is 6.00. The minimum atomic E-state index is 0.0195. The number of halogens is 1. The summed E-state index contributed by atoms with van der Waals surface area (Å²) in [7, 11) is 3.97. The third-order valence-electron chi connectivity index (χ3n) is 1.67. The number of thiophene rings is 1. The molecule has 0 aliphatic carbocycles. The number of rotatable bonds is 4. The fraction of sp³-hybridized carbons (Fsp3) is 0.444. The molecule has 1 N–H and O–H groups in total. The van der Waals surface area contributed by atoms with Crippen molar-refractivity contribution in [1.82, 2.24) is 10.2 Å². The van der Waals surface area contributed by atoms with E-state index in [0.717, 1.165) is 15.0 Å². The standard InChI is InChI=1S/C9H13IN2OS/c1-12(2)4-3-11-9(13)7-5-8(10)14-6-7/h5-6H,3-4H2,1-2H3,(H,11,13). The van der Waals surface area contributed by atoms with E-state index in [2.05, 4.69) is 27.9 Å². The maximum atomic E-state index is 11.5. The molecule has 0 fully saturated rings. The number of likely N-dealkylation sites (N-methyl/N-ethyl adjacent to an activating group) is 1. The summed E-state index contributed by atoms with van der Waals surface area (Å²) in [6, 6.07) is 1.90. The molecule has 1 heterocycles. The van der Waals surface area contributed by atoms with Crippen LogP contribution in [0.5, 0.6) is 0 Å². The Labute approximate surface area is 102 Å². The molecule has 0 unspecified atom stereocenters. The minimum absolute atomic E-state index is 0.0195. The maximum absolute atomic E-state index is 11.5. The van der Waals surface area contributed by atoms with Crippen molar-refractivity contribution in [3.63, 3.8) is 0 Å². The van der Waals surface area contributed by atoms with Gasteiger partial charge in [-0.05, 0) is 42.8 Å². The number of nitrogens with zero attached hydrogens (tertiary/aromatic N) is 1. The van der Waals surface area contributed by atoms with Crippen LogP contribution < -0.4 is 5.32 Å². The van der Waals surface area contributed by atoms with Gasteiger partial charge in [0.2, 0.25) is 0 Å². The number of hydrogen-bond acceptors (Lipinski definition) is 3. The number of carbonyl (C=O) groups excluding carboxylic acids is 1. The van der Waals surface area contributed by atoms with Gasteiger partial charge in [0.15, 0.2) is 0 Å². The summed E-state index contributed by atoms with van der Waals surface area (Å²) in [4.78, 5) is 13.6. The highest BCUT2D eigenvalue weighted by Gasteiger charge is 2.06. The Hall–Kier alpha value is -0.140. The van der Waals surface area contributed by atoms with Crippen LogP contribution in [0.15, 0.2) is 11.4 Å². The van der Waals surface area contributed by atoms with Gasteiger partial charge in [0.05, 0.1) is 8.45 Å². The highest BCUT2D eigenvalue weighted by molar-refractivity contribution is 14.1. The number of nitrogens with one attached hydrogen (secondary N) is 1. The first-order chi connectivity index (χ1) is 6.59. The molecular formula is C9H13IN2OS. The molecule has 0 radical (unpaired) electrons. The van der Waals surface area contributed by atoms with Gasteiger partial charge in [-0.3, -0.25) is 4.79 Å². The second-order valence-electron chi connectivity index (χ2n) is 3.20. The van der Waals surface area contributed by atoms with Gasteiger partial charge in [-0.2, -0.15) is 0 Å². The van der Waals surface area contributed by atoms with Gasteiger partial charge in [0, 0.05) is 18.5 Å². The highest BCUT2D eigenvalue weighted by atomic mass is 127. The Kier molecular flexibility index (Phi) is 4.83. The first-order valence-corrected chi connectivity index (χ1v) is 6.22. The lowest BCUT2D eigenvalue weighted by molar-refractivity contribution is 0.0951. The van der Waals surface area contributed by atoms with Crippen molar-refractivity contribution in [2.75, 3.05) is 27.2 Å². The van der Waals surface area contributed by atoms with Crippen LogP contribution in [0.1, 0.15) is 10.4 Å². The fourth-order valence-corrected chi connectivity index (χ4v) is 2.25. The zero-order chi connectivity index (χ0) is 10.6. The van der Waals surface area contributed by atoms with Crippen LogP contribution in [0, 0.1) is 2.88 Å². The van der Waals surface area contributed by atoms with E-state index in [9.17, 15) is 4.79 Å². The fourth-order valence-electron chi connectivity index (χ4n) is 0.924. The molecule has 1 rings (SSSR count). The molecule has 78 valence electrons. The average Bonchev–Trinajstić information content (AvgIpc) is 2.51. The molecule has 14 heavy (non-hydrogen) atoms. The summed E-state index contributed by atoms with van der Waals surface area (Å²) in [5, 5.41) is 4.75. The Morgan fingerprint density at radius 1 is 1.64 bits per heavy atom. The van der Waals surface area contributed by atoms with Crippen LogP contribution in [0.4, 0.5) is 0 Å². The van der Waals surface area contributed by atoms with E-state index in [0.29, 0.717) is 6.54 Å². The van der Waals surface area contributed by atoms with Crippen LogP contribution in [-0.2, 0) is 0 Å². The topological polar surface area (TPSA) is 32.3 Å². The van der Waals surface area contributed by atoms with Crippen LogP contribution in [0.2, 0.25) is 0 Å². The lowest BCUT2D eigenvalue weighted by Gasteiger charge is -2.09. The quantitative estimate of drug-likeness (QED) is 0.854. The largest absolute Gasteiger partial charge is 0.351 e. The summed E-state index contributed by atoms with van der Waals surface area (Å²) in [5.74, 6) is 0.0195. The molecule has 1 amide bonds. The average molecular weight is 324 g/mol. The number of amides is 1. The van der Waals surface area contributed by atoms with Crippen LogP contribution in [0.3, 0.4) is 0 Å². The van der Waals surface area contributed by atoms with E-state index in [1.807, 2.05) is 30.4 Å². The predicted molar refractivity (Wildman–Crippen MR) is 67.9 cm³/mol. The van der Waals surface area contributed by atoms with Crippen molar-refractivity contribution in [1.29, 1.82) is 0 Å². The van der Waals surface area contributed by atoms with Gasteiger partial charge >= 0.3 is 0 Å². The molecule has 0 saturated heterocycles. The smallest absolute Gasteiger partial charge is 0.252 e. The molecular weight excluding hydrogens is 311 g/mol. The Balaban J connectivity index is 2.36. The SMILES string of the molecule is CN(C)CCNC(=O)c1csc(I)c1. The van der Waals surface area contributed by atoms with Crippen molar-refractivity contribution >= 4 is 39.8 Å². The molecule has 1 aromatic rings. The number of hydrogen-bond donors (Lipinski definition) is 1. The summed E-state index contributed by atoms with van der Waals surface area (Å²) in [5.41, 5.74) is 0.762. The van der Waals surface area contributed by atoms with Crippen molar-refractivity contribution < 1.29 is 4.79 Å². The monoisotopic (exact) mass is 324 g/mol. The summed E-state index contributed by atoms with van der Waals surface area (Å²) < 4.78 is 1.14. The molecule has 3 nitrogen and oxygen atoms in total. The van der Waals surface area contributed by atoms with E-state index >= 15 is 0 Å². The molecule has 0 saturated carbocycles. The predicted octanol–water partition coefficient (Wildman–Crippen LogP) is 1.64. The molecule has 0 atom stereocenters. The van der Waals surface area contributed by atoms with Crippen molar-refractivity contribution in [2.24, 2.45) is 0 Å². The summed E-state index contributed by atoms with van der Waals surface area (Å²) in [6.07, 6.45) is 0. The van der Waals surface area contributed by atoms with E-state index in [1.165, 1.54) is 0 Å². The normalized spacial score (nSPS) is 10.6. The molecule has 0 aromatic carbocycles. The Morgan fingerprint density at radius 2 is 2.36 bits per heavy atom. The van der Waals surface area contributed by atoms with E-state index in [4.69, 9.17) is 0 Å². The molecule has 0 aliphatic rings. The molecule has 0 bridgehead atoms. The summed E-state index contributed by atoms with van der Waals surface area (Å²) >= 11 is 3.80. The number of carbonyl (C=O) groups is 1. The first kappa shape index (κ1) is 11.9. The molecule has 0 aliphatic heterocycles. The van der Waals surface area contributed by atoms with Gasteiger partial charge in [-0.1, -0.05) is 0 Å². The molecule has 5 heteroatoms. The minimum Gasteiger partial charge on any atom is -0.351 e. The van der Waals surface area contributed by atoms with Crippen LogP contribution in [0.25, 0.3) is 0 Å². The van der Waals surface area contributed by atoms with Gasteiger partial charge in [-0.15, -0.1) is 11.3 Å². The zero-order valence-corrected chi connectivity index (χ0v) is 11.2. The highest BCUT2D eigenvalue weighted by Crippen LogP contribution is 2.16. The molecule has 0 spiro atoms.